The topological polar surface area (TPSA) is 0 Å². The minimum atomic E-state index is 1.01. The number of rotatable bonds is 6. The average molecular weight is 274 g/mol. The van der Waals surface area contributed by atoms with Crippen molar-refractivity contribution in [3.05, 3.63) is 24.8 Å². The van der Waals surface area contributed by atoms with Crippen LogP contribution >= 0.6 is 0 Å². The monoisotopic (exact) mass is 274 g/mol. The summed E-state index contributed by atoms with van der Waals surface area (Å²) in [4.78, 5) is 0. The van der Waals surface area contributed by atoms with Gasteiger partial charge in [-0.1, -0.05) is 63.8 Å². The highest BCUT2D eigenvalue weighted by Crippen LogP contribution is 2.42. The summed E-state index contributed by atoms with van der Waals surface area (Å²) in [5.41, 5.74) is 0. The fraction of sp³-hybridized carbons (Fsp3) is 0.800. The summed E-state index contributed by atoms with van der Waals surface area (Å²) in [5, 5.41) is 0. The van der Waals surface area contributed by atoms with Gasteiger partial charge in [0.25, 0.3) is 0 Å². The molecule has 0 radical (unpaired) electrons. The molecule has 114 valence electrons. The Morgan fingerprint density at radius 1 is 0.850 bits per heavy atom. The molecule has 2 aliphatic carbocycles. The molecule has 2 saturated carbocycles. The van der Waals surface area contributed by atoms with Crippen molar-refractivity contribution in [2.45, 2.75) is 77.6 Å². The lowest BCUT2D eigenvalue weighted by Gasteiger charge is -2.37. The van der Waals surface area contributed by atoms with Crippen LogP contribution in [0, 0.1) is 23.7 Å². The Morgan fingerprint density at radius 2 is 1.40 bits per heavy atom. The molecule has 2 aliphatic rings. The van der Waals surface area contributed by atoms with Gasteiger partial charge in [-0.15, -0.1) is 0 Å². The van der Waals surface area contributed by atoms with Gasteiger partial charge >= 0.3 is 0 Å². The van der Waals surface area contributed by atoms with E-state index in [2.05, 4.69) is 25.7 Å². The molecule has 0 N–H and O–H groups in total. The highest BCUT2D eigenvalue weighted by atomic mass is 14.4. The predicted molar refractivity (Wildman–Crippen MR) is 89.8 cm³/mol. The van der Waals surface area contributed by atoms with Gasteiger partial charge in [-0.2, -0.15) is 0 Å². The fourth-order valence-corrected chi connectivity index (χ4v) is 4.54. The molecule has 0 bridgehead atoms. The average Bonchev–Trinajstić information content (AvgIpc) is 2.52. The van der Waals surface area contributed by atoms with Crippen LogP contribution in [-0.2, 0) is 0 Å². The normalized spacial score (nSPS) is 35.2. The Balaban J connectivity index is 1.64. The highest BCUT2D eigenvalue weighted by Gasteiger charge is 2.30. The van der Waals surface area contributed by atoms with E-state index in [1.165, 1.54) is 70.6 Å². The minimum absolute atomic E-state index is 1.01. The van der Waals surface area contributed by atoms with Gasteiger partial charge in [0.1, 0.15) is 0 Å². The van der Waals surface area contributed by atoms with Gasteiger partial charge in [0.15, 0.2) is 0 Å². The van der Waals surface area contributed by atoms with E-state index in [0.717, 1.165) is 23.7 Å². The van der Waals surface area contributed by atoms with Crippen molar-refractivity contribution in [2.75, 3.05) is 0 Å². The molecule has 0 aliphatic heterocycles. The van der Waals surface area contributed by atoms with Crippen LogP contribution in [0.15, 0.2) is 24.8 Å². The van der Waals surface area contributed by atoms with Gasteiger partial charge in [0.05, 0.1) is 0 Å². The second-order valence-electron chi connectivity index (χ2n) is 7.21. The molecule has 0 aromatic heterocycles. The summed E-state index contributed by atoms with van der Waals surface area (Å²) in [6, 6.07) is 0. The zero-order valence-corrected chi connectivity index (χ0v) is 13.5. The summed E-state index contributed by atoms with van der Waals surface area (Å²) in [7, 11) is 0. The lowest BCUT2D eigenvalue weighted by atomic mass is 9.68. The van der Waals surface area contributed by atoms with Crippen molar-refractivity contribution in [3.63, 3.8) is 0 Å². The summed E-state index contributed by atoms with van der Waals surface area (Å²) < 4.78 is 0. The van der Waals surface area contributed by atoms with E-state index in [1.807, 2.05) is 6.08 Å². The van der Waals surface area contributed by atoms with Gasteiger partial charge in [-0.3, -0.25) is 0 Å². The maximum atomic E-state index is 3.73. The SMILES string of the molecule is C=C/C=C/CCC1CCC(C2CCC(CC)CC2)CC1. The molecule has 0 saturated heterocycles. The van der Waals surface area contributed by atoms with Gasteiger partial charge in [0.2, 0.25) is 0 Å². The summed E-state index contributed by atoms with van der Waals surface area (Å²) in [6.45, 7) is 6.10. The first-order chi connectivity index (χ1) is 9.83. The molecular weight excluding hydrogens is 240 g/mol. The van der Waals surface area contributed by atoms with Crippen LogP contribution in [0.4, 0.5) is 0 Å². The number of allylic oxidation sites excluding steroid dienone is 3. The van der Waals surface area contributed by atoms with E-state index >= 15 is 0 Å². The number of hydrogen-bond donors (Lipinski definition) is 0. The van der Waals surface area contributed by atoms with Crippen LogP contribution in [0.25, 0.3) is 0 Å². The largest absolute Gasteiger partial charge is 0.0991 e. The van der Waals surface area contributed by atoms with E-state index in [9.17, 15) is 0 Å². The van der Waals surface area contributed by atoms with Crippen LogP contribution in [0.5, 0.6) is 0 Å². The molecule has 0 spiro atoms. The molecule has 2 rings (SSSR count). The summed E-state index contributed by atoms with van der Waals surface area (Å²) in [5.74, 6) is 4.22. The Hall–Kier alpha value is -0.520. The smallest absolute Gasteiger partial charge is 0.0345 e. The molecule has 0 nitrogen and oxygen atoms in total. The van der Waals surface area contributed by atoms with Crippen molar-refractivity contribution in [3.8, 4) is 0 Å². The molecule has 0 aromatic rings. The lowest BCUT2D eigenvalue weighted by molar-refractivity contribution is 0.143. The second kappa shape index (κ2) is 8.70. The highest BCUT2D eigenvalue weighted by molar-refractivity contribution is 4.97. The third kappa shape index (κ3) is 4.79. The zero-order chi connectivity index (χ0) is 14.2. The first-order valence-corrected chi connectivity index (χ1v) is 9.11. The predicted octanol–water partition coefficient (Wildman–Crippen LogP) is 6.53. The Bertz CT molecular complexity index is 285. The molecule has 0 aromatic carbocycles. The van der Waals surface area contributed by atoms with Gasteiger partial charge < -0.3 is 0 Å². The van der Waals surface area contributed by atoms with Crippen molar-refractivity contribution in [1.82, 2.24) is 0 Å². The van der Waals surface area contributed by atoms with Gasteiger partial charge in [0, 0.05) is 0 Å². The Kier molecular flexibility index (Phi) is 6.90. The van der Waals surface area contributed by atoms with Crippen LogP contribution in [0.2, 0.25) is 0 Å². The lowest BCUT2D eigenvalue weighted by Crippen LogP contribution is -2.25. The van der Waals surface area contributed by atoms with Crippen molar-refractivity contribution in [2.24, 2.45) is 23.7 Å². The van der Waals surface area contributed by atoms with Crippen molar-refractivity contribution < 1.29 is 0 Å². The van der Waals surface area contributed by atoms with Crippen LogP contribution < -0.4 is 0 Å². The first-order valence-electron chi connectivity index (χ1n) is 9.11. The third-order valence-corrected chi connectivity index (χ3v) is 6.04. The Labute approximate surface area is 126 Å². The van der Waals surface area contributed by atoms with E-state index in [4.69, 9.17) is 0 Å². The van der Waals surface area contributed by atoms with E-state index in [1.54, 1.807) is 0 Å². The third-order valence-electron chi connectivity index (χ3n) is 6.04. The molecule has 0 atom stereocenters. The van der Waals surface area contributed by atoms with Crippen molar-refractivity contribution in [1.29, 1.82) is 0 Å². The summed E-state index contributed by atoms with van der Waals surface area (Å²) in [6.07, 6.45) is 22.5. The molecule has 0 heteroatoms. The minimum Gasteiger partial charge on any atom is -0.0991 e. The van der Waals surface area contributed by atoms with Crippen LogP contribution in [0.1, 0.15) is 77.6 Å². The quantitative estimate of drug-likeness (QED) is 0.483. The van der Waals surface area contributed by atoms with Gasteiger partial charge in [-0.05, 0) is 62.2 Å². The van der Waals surface area contributed by atoms with Crippen molar-refractivity contribution >= 4 is 0 Å². The first kappa shape index (κ1) is 15.9. The number of hydrogen-bond acceptors (Lipinski definition) is 0. The van der Waals surface area contributed by atoms with E-state index in [-0.39, 0.29) is 0 Å². The molecule has 0 heterocycles. The molecule has 0 amide bonds. The molecule has 2 fully saturated rings. The van der Waals surface area contributed by atoms with E-state index < -0.39 is 0 Å². The molecule has 20 heavy (non-hydrogen) atoms. The molecule has 0 unspecified atom stereocenters. The maximum absolute atomic E-state index is 3.73. The van der Waals surface area contributed by atoms with E-state index in [0.29, 0.717) is 0 Å². The van der Waals surface area contributed by atoms with Crippen LogP contribution in [0.3, 0.4) is 0 Å². The maximum Gasteiger partial charge on any atom is -0.0345 e. The summed E-state index contributed by atoms with van der Waals surface area (Å²) >= 11 is 0. The molecular formula is C20H34. The van der Waals surface area contributed by atoms with Gasteiger partial charge in [-0.25, -0.2) is 0 Å². The zero-order valence-electron chi connectivity index (χ0n) is 13.5. The fourth-order valence-electron chi connectivity index (χ4n) is 4.54. The standard InChI is InChI=1S/C20H34/c1-3-5-6-7-8-18-11-15-20(16-12-18)19-13-9-17(4-2)10-14-19/h3,5-6,17-20H,1,4,7-16H2,2H3/b6-5+. The Morgan fingerprint density at radius 3 is 1.90 bits per heavy atom. The second-order valence-corrected chi connectivity index (χ2v) is 7.21. The van der Waals surface area contributed by atoms with Crippen LogP contribution in [-0.4, -0.2) is 0 Å².